The lowest BCUT2D eigenvalue weighted by Gasteiger charge is -2.37. The highest BCUT2D eigenvalue weighted by molar-refractivity contribution is 6.06. The van der Waals surface area contributed by atoms with E-state index in [9.17, 15) is 19.2 Å². The molecule has 6 atom stereocenters. The van der Waals surface area contributed by atoms with E-state index in [-0.39, 0.29) is 60.5 Å². The van der Waals surface area contributed by atoms with Crippen molar-refractivity contribution in [3.8, 4) is 0 Å². The van der Waals surface area contributed by atoms with E-state index in [2.05, 4.69) is 17.5 Å². The summed E-state index contributed by atoms with van der Waals surface area (Å²) < 4.78 is 5.14. The molecule has 0 spiro atoms. The number of ether oxygens (including phenoxy) is 1. The fourth-order valence-electron chi connectivity index (χ4n) is 5.65. The number of esters is 1. The van der Waals surface area contributed by atoms with Crippen molar-refractivity contribution >= 4 is 29.4 Å². The minimum absolute atomic E-state index is 0.0453. The highest BCUT2D eigenvalue weighted by atomic mass is 16.5. The molecule has 6 rings (SSSR count). The summed E-state index contributed by atoms with van der Waals surface area (Å²) in [5.41, 5.74) is 0.949. The van der Waals surface area contributed by atoms with Gasteiger partial charge in [-0.05, 0) is 68.2 Å². The number of carbonyl (C=O) groups is 4. The van der Waals surface area contributed by atoms with Crippen molar-refractivity contribution in [3.63, 3.8) is 0 Å². The van der Waals surface area contributed by atoms with Crippen molar-refractivity contribution in [2.45, 2.75) is 32.8 Å². The van der Waals surface area contributed by atoms with Gasteiger partial charge in [0.05, 0.1) is 23.5 Å². The highest BCUT2D eigenvalue weighted by Crippen LogP contribution is 2.65. The number of imide groups is 1. The van der Waals surface area contributed by atoms with Crippen LogP contribution in [0.25, 0.3) is 0 Å². The van der Waals surface area contributed by atoms with E-state index < -0.39 is 5.97 Å². The molecule has 0 aromatic heterocycles. The van der Waals surface area contributed by atoms with Gasteiger partial charge in [0.2, 0.25) is 17.7 Å². The first-order valence-corrected chi connectivity index (χ1v) is 11.0. The van der Waals surface area contributed by atoms with Crippen molar-refractivity contribution in [3.05, 3.63) is 42.0 Å². The highest BCUT2D eigenvalue weighted by Gasteiger charge is 2.66. The first-order valence-electron chi connectivity index (χ1n) is 11.0. The Morgan fingerprint density at radius 3 is 2.16 bits per heavy atom. The number of allylic oxidation sites excluding steroid dienone is 2. The second-order valence-corrected chi connectivity index (χ2v) is 9.31. The Bertz CT molecular complexity index is 946. The third kappa shape index (κ3) is 3.36. The number of anilines is 1. The number of likely N-dealkylation sites (tertiary alicyclic amines) is 1. The van der Waals surface area contributed by atoms with Crippen LogP contribution in [0.2, 0.25) is 0 Å². The molecule has 1 saturated heterocycles. The first kappa shape index (κ1) is 20.0. The SMILES string of the molecule is CC(C)OC(=O)c1ccc(NC(=O)CCN2C(=O)[C@@H]3[C@@H]4C=C[C@H]([C@H]5C[C@H]45)[C@@H]3C2=O)cc1. The molecule has 2 bridgehead atoms. The molecular weight excluding hydrogens is 396 g/mol. The van der Waals surface area contributed by atoms with Gasteiger partial charge in [-0.15, -0.1) is 0 Å². The number of hydrogen-bond donors (Lipinski definition) is 1. The lowest BCUT2D eigenvalue weighted by atomic mass is 9.63. The van der Waals surface area contributed by atoms with Crippen LogP contribution in [-0.4, -0.2) is 41.2 Å². The Kier molecular flexibility index (Phi) is 4.72. The molecule has 31 heavy (non-hydrogen) atoms. The lowest BCUT2D eigenvalue weighted by molar-refractivity contribution is -0.140. The van der Waals surface area contributed by atoms with Crippen LogP contribution in [0.3, 0.4) is 0 Å². The minimum atomic E-state index is -0.415. The summed E-state index contributed by atoms with van der Waals surface area (Å²) >= 11 is 0. The van der Waals surface area contributed by atoms with E-state index in [0.717, 1.165) is 6.42 Å². The third-order valence-corrected chi connectivity index (χ3v) is 7.06. The van der Waals surface area contributed by atoms with Crippen molar-refractivity contribution in [1.82, 2.24) is 4.90 Å². The molecule has 5 aliphatic rings. The zero-order chi connectivity index (χ0) is 21.9. The Hall–Kier alpha value is -2.96. The number of carbonyl (C=O) groups excluding carboxylic acids is 4. The summed E-state index contributed by atoms with van der Waals surface area (Å²) in [5, 5.41) is 2.76. The van der Waals surface area contributed by atoms with E-state index in [1.54, 1.807) is 38.1 Å². The first-order chi connectivity index (χ1) is 14.8. The van der Waals surface area contributed by atoms with Crippen LogP contribution >= 0.6 is 0 Å². The number of amides is 3. The average molecular weight is 422 g/mol. The molecule has 7 heteroatoms. The third-order valence-electron chi connectivity index (χ3n) is 7.06. The summed E-state index contributed by atoms with van der Waals surface area (Å²) in [5.74, 6) is 0.140. The molecule has 0 radical (unpaired) electrons. The second kappa shape index (κ2) is 7.32. The zero-order valence-electron chi connectivity index (χ0n) is 17.6. The van der Waals surface area contributed by atoms with E-state index >= 15 is 0 Å². The molecule has 3 amide bonds. The largest absolute Gasteiger partial charge is 0.459 e. The second-order valence-electron chi connectivity index (χ2n) is 9.31. The summed E-state index contributed by atoms with van der Waals surface area (Å²) in [6.45, 7) is 3.66. The molecule has 0 unspecified atom stereocenters. The zero-order valence-corrected chi connectivity index (χ0v) is 17.6. The summed E-state index contributed by atoms with van der Waals surface area (Å²) in [6, 6.07) is 6.44. The molecule has 1 heterocycles. The standard InChI is InChI=1S/C24H26N2O5/c1-12(2)31-24(30)13-3-5-14(6-4-13)25-19(27)9-10-26-22(28)20-15-7-8-16(18-11-17(15)18)21(20)23(26)29/h3-8,12,15-18,20-21H,9-11H2,1-2H3,(H,25,27)/t15-,16-,17-,18-,20-,21+/m1/s1. The molecule has 2 saturated carbocycles. The molecule has 7 nitrogen and oxygen atoms in total. The summed E-state index contributed by atoms with van der Waals surface area (Å²) in [4.78, 5) is 51.5. The fraction of sp³-hybridized carbons (Fsp3) is 0.500. The van der Waals surface area contributed by atoms with Crippen molar-refractivity contribution in [2.75, 3.05) is 11.9 Å². The van der Waals surface area contributed by atoms with Crippen molar-refractivity contribution in [2.24, 2.45) is 35.5 Å². The smallest absolute Gasteiger partial charge is 0.338 e. The Balaban J connectivity index is 1.17. The Morgan fingerprint density at radius 1 is 1.03 bits per heavy atom. The van der Waals surface area contributed by atoms with Gasteiger partial charge in [0.1, 0.15) is 0 Å². The normalized spacial score (nSPS) is 32.2. The van der Waals surface area contributed by atoms with Crippen LogP contribution in [0.5, 0.6) is 0 Å². The van der Waals surface area contributed by atoms with Gasteiger partial charge >= 0.3 is 5.97 Å². The molecular formula is C24H26N2O5. The summed E-state index contributed by atoms with van der Waals surface area (Å²) in [6.07, 6.45) is 5.25. The van der Waals surface area contributed by atoms with Gasteiger partial charge in [0.25, 0.3) is 0 Å². The van der Waals surface area contributed by atoms with Gasteiger partial charge in [-0.2, -0.15) is 0 Å². The topological polar surface area (TPSA) is 92.8 Å². The average Bonchev–Trinajstić information content (AvgIpc) is 3.51. The molecule has 1 aromatic rings. The van der Waals surface area contributed by atoms with Crippen molar-refractivity contribution in [1.29, 1.82) is 0 Å². The molecule has 1 aromatic carbocycles. The van der Waals surface area contributed by atoms with Gasteiger partial charge in [-0.1, -0.05) is 12.2 Å². The fourth-order valence-corrected chi connectivity index (χ4v) is 5.65. The number of nitrogens with zero attached hydrogens (tertiary/aromatic N) is 1. The van der Waals surface area contributed by atoms with Crippen LogP contribution < -0.4 is 5.32 Å². The quantitative estimate of drug-likeness (QED) is 0.432. The maximum absolute atomic E-state index is 12.9. The van der Waals surface area contributed by atoms with Crippen LogP contribution in [0.15, 0.2) is 36.4 Å². The molecule has 162 valence electrons. The van der Waals surface area contributed by atoms with Gasteiger partial charge in [-0.3, -0.25) is 19.3 Å². The molecule has 4 aliphatic carbocycles. The van der Waals surface area contributed by atoms with E-state index in [1.165, 1.54) is 4.90 Å². The van der Waals surface area contributed by atoms with E-state index in [1.807, 2.05) is 0 Å². The van der Waals surface area contributed by atoms with Gasteiger partial charge in [0, 0.05) is 18.7 Å². The maximum atomic E-state index is 12.9. The molecule has 3 fully saturated rings. The van der Waals surface area contributed by atoms with E-state index in [0.29, 0.717) is 23.1 Å². The van der Waals surface area contributed by atoms with Gasteiger partial charge < -0.3 is 10.1 Å². The molecule has 1 aliphatic heterocycles. The van der Waals surface area contributed by atoms with Crippen molar-refractivity contribution < 1.29 is 23.9 Å². The van der Waals surface area contributed by atoms with Crippen LogP contribution in [0.1, 0.15) is 37.0 Å². The van der Waals surface area contributed by atoms with Crippen LogP contribution in [0.4, 0.5) is 5.69 Å². The van der Waals surface area contributed by atoms with Gasteiger partial charge in [0.15, 0.2) is 0 Å². The van der Waals surface area contributed by atoms with E-state index in [4.69, 9.17) is 4.74 Å². The van der Waals surface area contributed by atoms with Gasteiger partial charge in [-0.25, -0.2) is 4.79 Å². The lowest BCUT2D eigenvalue weighted by Crippen LogP contribution is -2.40. The minimum Gasteiger partial charge on any atom is -0.459 e. The number of nitrogens with one attached hydrogen (secondary N) is 1. The summed E-state index contributed by atoms with van der Waals surface area (Å²) in [7, 11) is 0. The molecule has 1 N–H and O–H groups in total. The maximum Gasteiger partial charge on any atom is 0.338 e. The Labute approximate surface area is 180 Å². The Morgan fingerprint density at radius 2 is 1.61 bits per heavy atom. The predicted octanol–water partition coefficient (Wildman–Crippen LogP) is 2.63. The van der Waals surface area contributed by atoms with Crippen LogP contribution in [0, 0.1) is 35.5 Å². The predicted molar refractivity (Wildman–Crippen MR) is 112 cm³/mol. The number of rotatable bonds is 6. The monoisotopic (exact) mass is 422 g/mol. The number of benzene rings is 1. The van der Waals surface area contributed by atoms with Crippen LogP contribution in [-0.2, 0) is 19.1 Å². The number of hydrogen-bond acceptors (Lipinski definition) is 5.